The van der Waals surface area contributed by atoms with Crippen molar-refractivity contribution in [2.75, 3.05) is 19.7 Å². The summed E-state index contributed by atoms with van der Waals surface area (Å²) in [5.41, 5.74) is 3.50. The van der Waals surface area contributed by atoms with Gasteiger partial charge in [0.15, 0.2) is 0 Å². The van der Waals surface area contributed by atoms with E-state index in [-0.39, 0.29) is 17.2 Å². The average molecular weight is 481 g/mol. The molecule has 34 heavy (non-hydrogen) atoms. The zero-order chi connectivity index (χ0) is 26.8. The van der Waals surface area contributed by atoms with Crippen LogP contribution in [-0.2, 0) is 19.1 Å². The Bertz CT molecular complexity index is 672. The van der Waals surface area contributed by atoms with Gasteiger partial charge in [-0.15, -0.1) is 0 Å². The molecule has 5 N–H and O–H groups in total. The Balaban J connectivity index is 4.32. The molecule has 0 saturated carbocycles. The monoisotopic (exact) mass is 481 g/mol. The Morgan fingerprint density at radius 3 is 1.94 bits per heavy atom. The molecule has 0 fully saturated rings. The van der Waals surface area contributed by atoms with Gasteiger partial charge in [0, 0.05) is 36.0 Å². The molecule has 2 atom stereocenters. The summed E-state index contributed by atoms with van der Waals surface area (Å²) < 4.78 is 5.83. The molecule has 0 spiro atoms. The number of carboxylic acid groups (broad SMARTS) is 1. The third-order valence-electron chi connectivity index (χ3n) is 5.81. The van der Waals surface area contributed by atoms with Crippen LogP contribution in [0.25, 0.3) is 0 Å². The quantitative estimate of drug-likeness (QED) is 0.198. The van der Waals surface area contributed by atoms with E-state index in [1.807, 2.05) is 27.7 Å². The predicted molar refractivity (Wildman–Crippen MR) is 136 cm³/mol. The van der Waals surface area contributed by atoms with Gasteiger partial charge in [0.25, 0.3) is 0 Å². The molecular formula is C25H48BN3O5. The van der Waals surface area contributed by atoms with E-state index < -0.39 is 28.3 Å². The number of rotatable bonds is 16. The van der Waals surface area contributed by atoms with Crippen molar-refractivity contribution in [2.24, 2.45) is 22.0 Å². The third-order valence-corrected chi connectivity index (χ3v) is 5.81. The minimum atomic E-state index is -1.01. The van der Waals surface area contributed by atoms with Crippen LogP contribution in [0.1, 0.15) is 93.9 Å². The first-order valence-electron chi connectivity index (χ1n) is 12.3. The second-order valence-electron chi connectivity index (χ2n) is 12.1. The first-order valence-corrected chi connectivity index (χ1v) is 12.3. The van der Waals surface area contributed by atoms with Gasteiger partial charge >= 0.3 is 5.97 Å². The van der Waals surface area contributed by atoms with Crippen molar-refractivity contribution in [3.63, 3.8) is 0 Å². The van der Waals surface area contributed by atoms with Gasteiger partial charge in [-0.05, 0) is 50.9 Å². The lowest BCUT2D eigenvalue weighted by Gasteiger charge is -2.32. The second-order valence-corrected chi connectivity index (χ2v) is 12.1. The van der Waals surface area contributed by atoms with E-state index in [2.05, 4.69) is 31.4 Å². The molecule has 0 aromatic rings. The van der Waals surface area contributed by atoms with E-state index in [9.17, 15) is 14.4 Å². The van der Waals surface area contributed by atoms with E-state index in [0.29, 0.717) is 51.8 Å². The highest BCUT2D eigenvalue weighted by Crippen LogP contribution is 2.33. The summed E-state index contributed by atoms with van der Waals surface area (Å²) in [6.07, 6.45) is 3.39. The van der Waals surface area contributed by atoms with Gasteiger partial charge in [-0.2, -0.15) is 0 Å². The number of hydrogen-bond acceptors (Lipinski definition) is 5. The first kappa shape index (κ1) is 32.4. The van der Waals surface area contributed by atoms with Gasteiger partial charge < -0.3 is 26.2 Å². The highest BCUT2D eigenvalue weighted by Gasteiger charge is 2.33. The average Bonchev–Trinajstić information content (AvgIpc) is 2.64. The zero-order valence-electron chi connectivity index (χ0n) is 22.7. The van der Waals surface area contributed by atoms with Gasteiger partial charge in [0.05, 0.1) is 0 Å². The number of hydrogen-bond donors (Lipinski definition) is 4. The Morgan fingerprint density at radius 2 is 1.41 bits per heavy atom. The van der Waals surface area contributed by atoms with Crippen LogP contribution in [0.5, 0.6) is 0 Å². The number of amides is 2. The molecule has 0 aliphatic carbocycles. The molecule has 9 heteroatoms. The smallest absolute Gasteiger partial charge is 0.320 e. The van der Waals surface area contributed by atoms with Crippen LogP contribution in [-0.4, -0.2) is 62.0 Å². The summed E-state index contributed by atoms with van der Waals surface area (Å²) in [6.45, 7) is 16.9. The van der Waals surface area contributed by atoms with E-state index >= 15 is 0 Å². The van der Waals surface area contributed by atoms with Crippen LogP contribution >= 0.6 is 0 Å². The number of carbonyl (C=O) groups is 3. The number of ether oxygens (including phenoxy) is 1. The van der Waals surface area contributed by atoms with Crippen molar-refractivity contribution in [2.45, 2.75) is 105 Å². The van der Waals surface area contributed by atoms with Crippen molar-refractivity contribution in [3.8, 4) is 0 Å². The molecule has 0 saturated heterocycles. The Kier molecular flexibility index (Phi) is 12.8. The van der Waals surface area contributed by atoms with Crippen LogP contribution in [0.4, 0.5) is 0 Å². The summed E-state index contributed by atoms with van der Waals surface area (Å²) >= 11 is 0. The normalized spacial score (nSPS) is 15.3. The highest BCUT2D eigenvalue weighted by molar-refractivity contribution is 6.14. The van der Waals surface area contributed by atoms with Gasteiger partial charge in [0.2, 0.25) is 11.8 Å². The summed E-state index contributed by atoms with van der Waals surface area (Å²) in [7, 11) is 6.25. The maximum absolute atomic E-state index is 12.6. The van der Waals surface area contributed by atoms with Crippen molar-refractivity contribution in [1.29, 1.82) is 0 Å². The third kappa shape index (κ3) is 13.9. The highest BCUT2D eigenvalue weighted by atomic mass is 16.5. The minimum Gasteiger partial charge on any atom is -0.480 e. The molecule has 0 aliphatic heterocycles. The number of unbranched alkanes of at least 4 members (excludes halogenated alkanes) is 1. The molecular weight excluding hydrogens is 433 g/mol. The SMILES string of the molecule is [B]C(C)(CCNC(=O)C(C)(C)CC(C)(C)C)OCCC(C)(C)C(=O)NCCCCC(N)C(=O)O. The van der Waals surface area contributed by atoms with Crippen LogP contribution in [0.2, 0.25) is 0 Å². The van der Waals surface area contributed by atoms with Crippen LogP contribution in [0.3, 0.4) is 0 Å². The molecule has 2 amide bonds. The Morgan fingerprint density at radius 1 is 0.882 bits per heavy atom. The van der Waals surface area contributed by atoms with Gasteiger partial charge in [-0.1, -0.05) is 48.5 Å². The molecule has 0 bridgehead atoms. The fourth-order valence-electron chi connectivity index (χ4n) is 3.85. The topological polar surface area (TPSA) is 131 Å². The Hall–Kier alpha value is -1.61. The molecule has 2 radical (unpaired) electrons. The molecule has 0 aliphatic rings. The number of nitrogens with two attached hydrogens (primary N) is 1. The molecule has 2 unspecified atom stereocenters. The standard InChI is InChI=1S/C25H48BN3O5/c1-22(2,3)17-24(6,7)21(33)29-15-12-25(8,26)34-16-13-23(4,5)20(32)28-14-10-9-11-18(27)19(30)31/h18H,9-17,27H2,1-8H3,(H,28,32)(H,29,33)(H,30,31). The largest absolute Gasteiger partial charge is 0.480 e. The zero-order valence-corrected chi connectivity index (χ0v) is 22.7. The van der Waals surface area contributed by atoms with E-state index in [4.69, 9.17) is 23.4 Å². The molecule has 8 nitrogen and oxygen atoms in total. The fraction of sp³-hybridized carbons (Fsp3) is 0.880. The van der Waals surface area contributed by atoms with Crippen molar-refractivity contribution >= 4 is 25.6 Å². The van der Waals surface area contributed by atoms with E-state index in [0.717, 1.165) is 6.42 Å². The summed E-state index contributed by atoms with van der Waals surface area (Å²) in [5, 5.41) is 14.6. The van der Waals surface area contributed by atoms with Crippen molar-refractivity contribution in [1.82, 2.24) is 10.6 Å². The number of nitrogens with one attached hydrogen (secondary N) is 2. The molecule has 0 heterocycles. The summed E-state index contributed by atoms with van der Waals surface area (Å²) in [4.78, 5) is 35.8. The summed E-state index contributed by atoms with van der Waals surface area (Å²) in [6, 6.07) is -0.863. The lowest BCUT2D eigenvalue weighted by Crippen LogP contribution is -2.43. The van der Waals surface area contributed by atoms with Crippen molar-refractivity contribution < 1.29 is 24.2 Å². The molecule has 0 aromatic carbocycles. The maximum atomic E-state index is 12.6. The number of carboxylic acids is 1. The van der Waals surface area contributed by atoms with E-state index in [1.54, 1.807) is 6.92 Å². The first-order chi connectivity index (χ1) is 15.3. The van der Waals surface area contributed by atoms with Crippen LogP contribution < -0.4 is 16.4 Å². The molecule has 0 rings (SSSR count). The molecule has 0 aromatic heterocycles. The van der Waals surface area contributed by atoms with Gasteiger partial charge in [0.1, 0.15) is 13.9 Å². The number of aliphatic carboxylic acids is 1. The van der Waals surface area contributed by atoms with Gasteiger partial charge in [-0.25, -0.2) is 0 Å². The lowest BCUT2D eigenvalue weighted by atomic mass is 9.75. The van der Waals surface area contributed by atoms with Crippen LogP contribution in [0.15, 0.2) is 0 Å². The van der Waals surface area contributed by atoms with Crippen LogP contribution in [0, 0.1) is 16.2 Å². The van der Waals surface area contributed by atoms with Gasteiger partial charge in [-0.3, -0.25) is 14.4 Å². The Labute approximate surface area is 207 Å². The molecule has 196 valence electrons. The lowest BCUT2D eigenvalue weighted by molar-refractivity contribution is -0.138. The maximum Gasteiger partial charge on any atom is 0.320 e. The summed E-state index contributed by atoms with van der Waals surface area (Å²) in [5.74, 6) is -1.10. The predicted octanol–water partition coefficient (Wildman–Crippen LogP) is 2.97. The fourth-order valence-corrected chi connectivity index (χ4v) is 3.85. The number of carbonyl (C=O) groups excluding carboxylic acids is 2. The minimum absolute atomic E-state index is 0.000901. The van der Waals surface area contributed by atoms with E-state index in [1.165, 1.54) is 0 Å². The van der Waals surface area contributed by atoms with Crippen molar-refractivity contribution in [3.05, 3.63) is 0 Å². The second kappa shape index (κ2) is 13.5.